The highest BCUT2D eigenvalue weighted by molar-refractivity contribution is 4.77. The molecule has 1 N–H and O–H groups in total. The summed E-state index contributed by atoms with van der Waals surface area (Å²) < 4.78 is 0. The Kier molecular flexibility index (Phi) is 7.11. The molecule has 1 rings (SSSR count). The second-order valence-electron chi connectivity index (χ2n) is 5.57. The van der Waals surface area contributed by atoms with Crippen LogP contribution in [0.25, 0.3) is 0 Å². The summed E-state index contributed by atoms with van der Waals surface area (Å²) in [4.78, 5) is 0. The lowest BCUT2D eigenvalue weighted by Gasteiger charge is -2.29. The fourth-order valence-corrected chi connectivity index (χ4v) is 3.13. The molecule has 0 aromatic carbocycles. The Hall–Kier alpha value is -0.0400. The van der Waals surface area contributed by atoms with Gasteiger partial charge in [-0.3, -0.25) is 0 Å². The van der Waals surface area contributed by atoms with E-state index in [4.69, 9.17) is 0 Å². The molecule has 0 radical (unpaired) electrons. The van der Waals surface area contributed by atoms with Crippen LogP contribution in [0, 0.1) is 5.92 Å². The molecule has 1 atom stereocenters. The molecule has 0 heterocycles. The van der Waals surface area contributed by atoms with Gasteiger partial charge >= 0.3 is 0 Å². The number of hydrogen-bond donors (Lipinski definition) is 1. The molecular weight excluding hydrogens is 194 g/mol. The Bertz CT molecular complexity index is 155. The molecule has 1 fully saturated rings. The lowest BCUT2D eigenvalue weighted by Crippen LogP contribution is -2.41. The maximum Gasteiger partial charge on any atom is 0.00696 e. The summed E-state index contributed by atoms with van der Waals surface area (Å²) in [5.74, 6) is 0.866. The van der Waals surface area contributed by atoms with Crippen LogP contribution in [0.3, 0.4) is 0 Å². The van der Waals surface area contributed by atoms with Crippen molar-refractivity contribution in [1.29, 1.82) is 0 Å². The van der Waals surface area contributed by atoms with Gasteiger partial charge in [-0.1, -0.05) is 58.8 Å². The molecular formula is C15H31N. The van der Waals surface area contributed by atoms with Crippen LogP contribution in [-0.4, -0.2) is 12.1 Å². The summed E-state index contributed by atoms with van der Waals surface area (Å²) in [5, 5.41) is 3.89. The monoisotopic (exact) mass is 225 g/mol. The molecule has 1 heteroatoms. The maximum atomic E-state index is 3.89. The van der Waals surface area contributed by atoms with E-state index in [-0.39, 0.29) is 0 Å². The van der Waals surface area contributed by atoms with Gasteiger partial charge in [0.1, 0.15) is 0 Å². The second kappa shape index (κ2) is 8.11. The van der Waals surface area contributed by atoms with Crippen LogP contribution < -0.4 is 5.32 Å². The van der Waals surface area contributed by atoms with Crippen LogP contribution in [-0.2, 0) is 0 Å². The molecule has 96 valence electrons. The Morgan fingerprint density at radius 3 is 1.94 bits per heavy atom. The lowest BCUT2D eigenvalue weighted by atomic mass is 9.92. The van der Waals surface area contributed by atoms with Crippen LogP contribution >= 0.6 is 0 Å². The normalized spacial score (nSPS) is 21.8. The molecule has 0 aromatic rings. The molecule has 0 bridgehead atoms. The molecule has 1 aliphatic rings. The van der Waals surface area contributed by atoms with E-state index in [1.807, 2.05) is 0 Å². The van der Waals surface area contributed by atoms with Gasteiger partial charge in [0.2, 0.25) is 0 Å². The first-order valence-corrected chi connectivity index (χ1v) is 7.54. The van der Waals surface area contributed by atoms with Crippen molar-refractivity contribution >= 4 is 0 Å². The van der Waals surface area contributed by atoms with Crippen LogP contribution in [0.1, 0.15) is 78.6 Å². The zero-order valence-corrected chi connectivity index (χ0v) is 11.6. The van der Waals surface area contributed by atoms with Crippen molar-refractivity contribution in [3.63, 3.8) is 0 Å². The first-order valence-electron chi connectivity index (χ1n) is 7.54. The quantitative estimate of drug-likeness (QED) is 0.725. The molecule has 1 nitrogen and oxygen atoms in total. The molecule has 0 amide bonds. The van der Waals surface area contributed by atoms with Gasteiger partial charge in [0, 0.05) is 12.1 Å². The molecule has 1 unspecified atom stereocenters. The molecule has 16 heavy (non-hydrogen) atoms. The Morgan fingerprint density at radius 2 is 1.44 bits per heavy atom. The van der Waals surface area contributed by atoms with Gasteiger partial charge in [0.05, 0.1) is 0 Å². The molecule has 0 aliphatic heterocycles. The standard InChI is InChI=1S/C15H31N/c1-4-14(5-2)13(3)16-15-11-9-7-6-8-10-12-15/h13-16H,4-12H2,1-3H3. The first kappa shape index (κ1) is 14.0. The third-order valence-electron chi connectivity index (χ3n) is 4.36. The van der Waals surface area contributed by atoms with E-state index in [1.165, 1.54) is 57.8 Å². The largest absolute Gasteiger partial charge is 0.311 e. The second-order valence-corrected chi connectivity index (χ2v) is 5.57. The highest BCUT2D eigenvalue weighted by Crippen LogP contribution is 2.20. The zero-order chi connectivity index (χ0) is 11.8. The van der Waals surface area contributed by atoms with E-state index in [1.54, 1.807) is 0 Å². The average molecular weight is 225 g/mol. The van der Waals surface area contributed by atoms with Crippen LogP contribution in [0.4, 0.5) is 0 Å². The fraction of sp³-hybridized carbons (Fsp3) is 1.00. The van der Waals surface area contributed by atoms with E-state index < -0.39 is 0 Å². The predicted molar refractivity (Wildman–Crippen MR) is 72.8 cm³/mol. The van der Waals surface area contributed by atoms with E-state index in [0.29, 0.717) is 6.04 Å². The highest BCUT2D eigenvalue weighted by atomic mass is 14.9. The van der Waals surface area contributed by atoms with Crippen molar-refractivity contribution in [2.24, 2.45) is 5.92 Å². The molecule has 1 aliphatic carbocycles. The average Bonchev–Trinajstić information content (AvgIpc) is 2.23. The Labute approximate surface area is 102 Å². The SMILES string of the molecule is CCC(CC)C(C)NC1CCCCCCC1. The summed E-state index contributed by atoms with van der Waals surface area (Å²) in [6, 6.07) is 1.51. The van der Waals surface area contributed by atoms with Gasteiger partial charge in [-0.25, -0.2) is 0 Å². The van der Waals surface area contributed by atoms with E-state index in [0.717, 1.165) is 12.0 Å². The minimum absolute atomic E-state index is 0.708. The molecule has 0 aromatic heterocycles. The van der Waals surface area contributed by atoms with E-state index >= 15 is 0 Å². The van der Waals surface area contributed by atoms with Crippen LogP contribution in [0.15, 0.2) is 0 Å². The third-order valence-corrected chi connectivity index (χ3v) is 4.36. The summed E-state index contributed by atoms with van der Waals surface area (Å²) in [6.45, 7) is 7.03. The van der Waals surface area contributed by atoms with Crippen molar-refractivity contribution in [2.45, 2.75) is 90.6 Å². The Balaban J connectivity index is 2.32. The smallest absolute Gasteiger partial charge is 0.00696 e. The van der Waals surface area contributed by atoms with E-state index in [2.05, 4.69) is 26.1 Å². The topological polar surface area (TPSA) is 12.0 Å². The molecule has 1 saturated carbocycles. The third kappa shape index (κ3) is 4.86. The van der Waals surface area contributed by atoms with Crippen molar-refractivity contribution < 1.29 is 0 Å². The van der Waals surface area contributed by atoms with E-state index in [9.17, 15) is 0 Å². The van der Waals surface area contributed by atoms with Crippen molar-refractivity contribution in [1.82, 2.24) is 5.32 Å². The van der Waals surface area contributed by atoms with Gasteiger partial charge < -0.3 is 5.32 Å². The summed E-state index contributed by atoms with van der Waals surface area (Å²) in [5.41, 5.74) is 0. The van der Waals surface area contributed by atoms with Crippen molar-refractivity contribution in [3.05, 3.63) is 0 Å². The lowest BCUT2D eigenvalue weighted by molar-refractivity contribution is 0.290. The number of hydrogen-bond acceptors (Lipinski definition) is 1. The van der Waals surface area contributed by atoms with Crippen LogP contribution in [0.5, 0.6) is 0 Å². The van der Waals surface area contributed by atoms with Gasteiger partial charge in [-0.2, -0.15) is 0 Å². The molecule has 0 saturated heterocycles. The number of rotatable bonds is 5. The van der Waals surface area contributed by atoms with Crippen LogP contribution in [0.2, 0.25) is 0 Å². The van der Waals surface area contributed by atoms with Crippen molar-refractivity contribution in [2.75, 3.05) is 0 Å². The highest BCUT2D eigenvalue weighted by Gasteiger charge is 2.18. The number of nitrogens with one attached hydrogen (secondary N) is 1. The minimum atomic E-state index is 0.708. The zero-order valence-electron chi connectivity index (χ0n) is 11.6. The van der Waals surface area contributed by atoms with Gasteiger partial charge in [0.15, 0.2) is 0 Å². The summed E-state index contributed by atoms with van der Waals surface area (Å²) in [6.07, 6.45) is 12.7. The van der Waals surface area contributed by atoms with Crippen molar-refractivity contribution in [3.8, 4) is 0 Å². The molecule has 0 spiro atoms. The Morgan fingerprint density at radius 1 is 0.938 bits per heavy atom. The van der Waals surface area contributed by atoms with Gasteiger partial charge in [0.25, 0.3) is 0 Å². The minimum Gasteiger partial charge on any atom is -0.311 e. The summed E-state index contributed by atoms with van der Waals surface area (Å²) >= 11 is 0. The maximum absolute atomic E-state index is 3.89. The first-order chi connectivity index (χ1) is 7.77. The van der Waals surface area contributed by atoms with Gasteiger partial charge in [-0.05, 0) is 25.7 Å². The summed E-state index contributed by atoms with van der Waals surface area (Å²) in [7, 11) is 0. The van der Waals surface area contributed by atoms with Gasteiger partial charge in [-0.15, -0.1) is 0 Å². The fourth-order valence-electron chi connectivity index (χ4n) is 3.13. The predicted octanol–water partition coefficient (Wildman–Crippen LogP) is 4.51.